The molecule has 19 heavy (non-hydrogen) atoms. The molecule has 6 heteroatoms. The van der Waals surface area contributed by atoms with Crippen molar-refractivity contribution >= 4 is 11.2 Å². The number of nitrogens with zero attached hydrogens (tertiary/aromatic N) is 4. The Morgan fingerprint density at radius 1 is 1.16 bits per heavy atom. The van der Waals surface area contributed by atoms with Gasteiger partial charge in [0.05, 0.1) is 6.33 Å². The van der Waals surface area contributed by atoms with E-state index >= 15 is 0 Å². The second kappa shape index (κ2) is 5.42. The minimum atomic E-state index is -0.292. The summed E-state index contributed by atoms with van der Waals surface area (Å²) in [5.41, 5.74) is 0.483. The van der Waals surface area contributed by atoms with Crippen molar-refractivity contribution in [1.29, 1.82) is 0 Å². The van der Waals surface area contributed by atoms with Crippen molar-refractivity contribution in [3.05, 3.63) is 27.2 Å². The van der Waals surface area contributed by atoms with Crippen LogP contribution in [0.5, 0.6) is 0 Å². The molecule has 0 aromatic carbocycles. The topological polar surface area (TPSA) is 61.8 Å². The molecule has 0 aliphatic carbocycles. The number of imidazole rings is 1. The minimum Gasteiger partial charge on any atom is -0.325 e. The van der Waals surface area contributed by atoms with Crippen LogP contribution < -0.4 is 11.2 Å². The zero-order valence-corrected chi connectivity index (χ0v) is 11.7. The van der Waals surface area contributed by atoms with Crippen molar-refractivity contribution in [2.75, 3.05) is 0 Å². The molecule has 0 unspecified atom stereocenters. The smallest absolute Gasteiger partial charge is 0.325 e. The first-order valence-corrected chi connectivity index (χ1v) is 6.76. The van der Waals surface area contributed by atoms with E-state index in [2.05, 4.69) is 11.9 Å². The van der Waals surface area contributed by atoms with E-state index in [1.54, 1.807) is 10.9 Å². The predicted molar refractivity (Wildman–Crippen MR) is 74.4 cm³/mol. The molecule has 0 N–H and O–H groups in total. The van der Waals surface area contributed by atoms with E-state index in [0.29, 0.717) is 17.7 Å². The first-order valence-electron chi connectivity index (χ1n) is 6.76. The summed E-state index contributed by atoms with van der Waals surface area (Å²) in [6.45, 7) is 5.43. The third-order valence-corrected chi connectivity index (χ3v) is 3.30. The van der Waals surface area contributed by atoms with Gasteiger partial charge in [0.2, 0.25) is 0 Å². The van der Waals surface area contributed by atoms with Crippen LogP contribution in [0.15, 0.2) is 15.9 Å². The Hall–Kier alpha value is -1.85. The highest BCUT2D eigenvalue weighted by atomic mass is 16.2. The zero-order chi connectivity index (χ0) is 14.0. The molecule has 2 aromatic rings. The first-order chi connectivity index (χ1) is 9.11. The average Bonchev–Trinajstić information content (AvgIpc) is 2.82. The highest BCUT2D eigenvalue weighted by molar-refractivity contribution is 5.70. The molecular formula is C13H20N4O2. The molecule has 0 spiro atoms. The lowest BCUT2D eigenvalue weighted by Gasteiger charge is -2.08. The molecule has 2 aromatic heterocycles. The Labute approximate surface area is 111 Å². The molecule has 0 saturated carbocycles. The van der Waals surface area contributed by atoms with E-state index in [1.807, 2.05) is 11.5 Å². The number of hydrogen-bond donors (Lipinski definition) is 0. The molecular weight excluding hydrogens is 244 g/mol. The maximum absolute atomic E-state index is 12.2. The highest BCUT2D eigenvalue weighted by Crippen LogP contribution is 2.08. The molecule has 0 amide bonds. The van der Waals surface area contributed by atoms with Gasteiger partial charge in [-0.3, -0.25) is 13.9 Å². The molecule has 104 valence electrons. The SMILES string of the molecule is CCCCn1cnc2c1c(=O)n(C)c(=O)n2CCC. The molecule has 0 radical (unpaired) electrons. The molecule has 0 bridgehead atoms. The van der Waals surface area contributed by atoms with Gasteiger partial charge in [-0.05, 0) is 12.8 Å². The number of hydrogen-bond acceptors (Lipinski definition) is 3. The number of fused-ring (bicyclic) bond motifs is 1. The van der Waals surface area contributed by atoms with Crippen molar-refractivity contribution in [3.63, 3.8) is 0 Å². The van der Waals surface area contributed by atoms with Gasteiger partial charge < -0.3 is 4.57 Å². The van der Waals surface area contributed by atoms with E-state index in [0.717, 1.165) is 25.8 Å². The van der Waals surface area contributed by atoms with Crippen molar-refractivity contribution in [1.82, 2.24) is 18.7 Å². The fourth-order valence-corrected chi connectivity index (χ4v) is 2.23. The Kier molecular flexibility index (Phi) is 3.87. The second-order valence-corrected chi connectivity index (χ2v) is 4.76. The lowest BCUT2D eigenvalue weighted by atomic mass is 10.3. The van der Waals surface area contributed by atoms with E-state index < -0.39 is 0 Å². The maximum Gasteiger partial charge on any atom is 0.332 e. The summed E-state index contributed by atoms with van der Waals surface area (Å²) in [7, 11) is 1.52. The van der Waals surface area contributed by atoms with E-state index in [-0.39, 0.29) is 11.2 Å². The van der Waals surface area contributed by atoms with Gasteiger partial charge in [-0.2, -0.15) is 0 Å². The van der Waals surface area contributed by atoms with Gasteiger partial charge >= 0.3 is 5.69 Å². The molecule has 6 nitrogen and oxygen atoms in total. The van der Waals surface area contributed by atoms with Crippen LogP contribution in [0.1, 0.15) is 33.1 Å². The van der Waals surface area contributed by atoms with E-state index in [4.69, 9.17) is 0 Å². The van der Waals surface area contributed by atoms with Gasteiger partial charge in [-0.25, -0.2) is 9.78 Å². The summed E-state index contributed by atoms with van der Waals surface area (Å²) in [5, 5.41) is 0. The Morgan fingerprint density at radius 3 is 2.53 bits per heavy atom. The van der Waals surface area contributed by atoms with Gasteiger partial charge in [-0.1, -0.05) is 20.3 Å². The van der Waals surface area contributed by atoms with Crippen LogP contribution in [0, 0.1) is 0 Å². The summed E-state index contributed by atoms with van der Waals surface area (Å²) in [6.07, 6.45) is 4.53. The van der Waals surface area contributed by atoms with Crippen molar-refractivity contribution in [2.24, 2.45) is 7.05 Å². The molecule has 0 aliphatic heterocycles. The molecule has 0 atom stereocenters. The van der Waals surface area contributed by atoms with E-state index in [9.17, 15) is 9.59 Å². The van der Waals surface area contributed by atoms with Gasteiger partial charge in [0.1, 0.15) is 0 Å². The van der Waals surface area contributed by atoms with Crippen LogP contribution in [0.4, 0.5) is 0 Å². The van der Waals surface area contributed by atoms with Crippen LogP contribution in [-0.4, -0.2) is 18.7 Å². The summed E-state index contributed by atoms with van der Waals surface area (Å²) in [4.78, 5) is 28.6. The summed E-state index contributed by atoms with van der Waals surface area (Å²) in [5.74, 6) is 0. The summed E-state index contributed by atoms with van der Waals surface area (Å²) < 4.78 is 4.61. The van der Waals surface area contributed by atoms with Gasteiger partial charge in [0.25, 0.3) is 5.56 Å². The quantitative estimate of drug-likeness (QED) is 0.812. The fraction of sp³-hybridized carbons (Fsp3) is 0.615. The van der Waals surface area contributed by atoms with Gasteiger partial charge in [0, 0.05) is 20.1 Å². The highest BCUT2D eigenvalue weighted by Gasteiger charge is 2.15. The Balaban J connectivity index is 2.73. The normalized spacial score (nSPS) is 11.3. The second-order valence-electron chi connectivity index (χ2n) is 4.76. The molecule has 2 rings (SSSR count). The standard InChI is InChI=1S/C13H20N4O2/c1-4-6-8-16-9-14-11-10(16)12(18)15(3)13(19)17(11)7-5-2/h9H,4-8H2,1-3H3. The summed E-state index contributed by atoms with van der Waals surface area (Å²) in [6, 6.07) is 0. The monoisotopic (exact) mass is 264 g/mol. The zero-order valence-electron chi connectivity index (χ0n) is 11.7. The lowest BCUT2D eigenvalue weighted by molar-refractivity contribution is 0.605. The van der Waals surface area contributed by atoms with Crippen LogP contribution in [-0.2, 0) is 20.1 Å². The lowest BCUT2D eigenvalue weighted by Crippen LogP contribution is -2.38. The number of aryl methyl sites for hydroxylation is 2. The van der Waals surface area contributed by atoms with Crippen molar-refractivity contribution < 1.29 is 0 Å². The molecule has 0 fully saturated rings. The molecule has 0 aliphatic rings. The van der Waals surface area contributed by atoms with Gasteiger partial charge in [-0.15, -0.1) is 0 Å². The van der Waals surface area contributed by atoms with Crippen molar-refractivity contribution in [2.45, 2.75) is 46.2 Å². The third-order valence-electron chi connectivity index (χ3n) is 3.30. The predicted octanol–water partition coefficient (Wildman–Crippen LogP) is 1.11. The first kappa shape index (κ1) is 13.6. The average molecular weight is 264 g/mol. The van der Waals surface area contributed by atoms with Gasteiger partial charge in [0.15, 0.2) is 11.2 Å². The van der Waals surface area contributed by atoms with Crippen molar-refractivity contribution in [3.8, 4) is 0 Å². The van der Waals surface area contributed by atoms with Crippen LogP contribution in [0.3, 0.4) is 0 Å². The molecule has 0 saturated heterocycles. The number of rotatable bonds is 5. The number of unbranched alkanes of at least 4 members (excludes halogenated alkanes) is 1. The van der Waals surface area contributed by atoms with Crippen LogP contribution >= 0.6 is 0 Å². The fourth-order valence-electron chi connectivity index (χ4n) is 2.23. The molecule has 2 heterocycles. The Morgan fingerprint density at radius 2 is 1.89 bits per heavy atom. The largest absolute Gasteiger partial charge is 0.332 e. The third kappa shape index (κ3) is 2.22. The van der Waals surface area contributed by atoms with Crippen LogP contribution in [0.25, 0.3) is 11.2 Å². The minimum absolute atomic E-state index is 0.263. The Bertz CT molecular complexity index is 693. The summed E-state index contributed by atoms with van der Waals surface area (Å²) >= 11 is 0. The van der Waals surface area contributed by atoms with Crippen LogP contribution in [0.2, 0.25) is 0 Å². The maximum atomic E-state index is 12.2. The van der Waals surface area contributed by atoms with E-state index in [1.165, 1.54) is 11.6 Å². The number of aromatic nitrogens is 4.